The van der Waals surface area contributed by atoms with Crippen LogP contribution < -0.4 is 4.90 Å². The lowest BCUT2D eigenvalue weighted by Crippen LogP contribution is -2.30. The Morgan fingerprint density at radius 1 is 1.21 bits per heavy atom. The van der Waals surface area contributed by atoms with E-state index in [1.165, 1.54) is 22.9 Å². The Labute approximate surface area is 108 Å². The molecule has 0 bridgehead atoms. The monoisotopic (exact) mass is 261 g/mol. The van der Waals surface area contributed by atoms with Crippen LogP contribution in [-0.4, -0.2) is 27.3 Å². The zero-order valence-electron chi connectivity index (χ0n) is 10.1. The second-order valence-electron chi connectivity index (χ2n) is 4.40. The number of aromatic hydroxyl groups is 1. The zero-order valence-corrected chi connectivity index (χ0v) is 10.1. The Morgan fingerprint density at radius 2 is 1.95 bits per heavy atom. The van der Waals surface area contributed by atoms with Crippen LogP contribution in [0, 0.1) is 5.82 Å². The number of amides is 1. The molecule has 6 heteroatoms. The Balaban J connectivity index is 1.99. The van der Waals surface area contributed by atoms with Crippen molar-refractivity contribution in [3.63, 3.8) is 0 Å². The van der Waals surface area contributed by atoms with E-state index in [0.29, 0.717) is 24.5 Å². The summed E-state index contributed by atoms with van der Waals surface area (Å²) in [7, 11) is 0. The maximum Gasteiger partial charge on any atom is 0.276 e. The molecule has 1 aromatic carbocycles. The number of hydrogen-bond acceptors (Lipinski definition) is 3. The SMILES string of the molecule is O=C1c2cc(O)nn2CCCN1c1ccc(F)cc1. The summed E-state index contributed by atoms with van der Waals surface area (Å²) in [6.07, 6.45) is 0.719. The number of nitrogens with zero attached hydrogens (tertiary/aromatic N) is 3. The van der Waals surface area contributed by atoms with Gasteiger partial charge in [-0.1, -0.05) is 0 Å². The van der Waals surface area contributed by atoms with E-state index in [1.54, 1.807) is 17.0 Å². The van der Waals surface area contributed by atoms with Crippen LogP contribution >= 0.6 is 0 Å². The van der Waals surface area contributed by atoms with Crippen molar-refractivity contribution >= 4 is 11.6 Å². The molecule has 1 amide bonds. The first-order chi connectivity index (χ1) is 9.15. The number of rotatable bonds is 1. The average Bonchev–Trinajstić information content (AvgIpc) is 2.70. The highest BCUT2D eigenvalue weighted by atomic mass is 19.1. The average molecular weight is 261 g/mol. The van der Waals surface area contributed by atoms with Crippen molar-refractivity contribution in [3.05, 3.63) is 41.8 Å². The number of aromatic nitrogens is 2. The van der Waals surface area contributed by atoms with Crippen molar-refractivity contribution < 1.29 is 14.3 Å². The molecule has 1 aliphatic rings. The molecule has 0 aliphatic carbocycles. The van der Waals surface area contributed by atoms with Gasteiger partial charge in [0.25, 0.3) is 5.91 Å². The van der Waals surface area contributed by atoms with Crippen LogP contribution in [0.1, 0.15) is 16.9 Å². The van der Waals surface area contributed by atoms with Crippen molar-refractivity contribution in [1.29, 1.82) is 0 Å². The Kier molecular flexibility index (Phi) is 2.70. The summed E-state index contributed by atoms with van der Waals surface area (Å²) in [5.74, 6) is -0.741. The number of anilines is 1. The van der Waals surface area contributed by atoms with Gasteiger partial charge in [-0.05, 0) is 30.7 Å². The quantitative estimate of drug-likeness (QED) is 0.851. The molecule has 0 unspecified atom stereocenters. The molecular formula is C13H12FN3O2. The molecule has 3 rings (SSSR count). The third-order valence-electron chi connectivity index (χ3n) is 3.12. The molecule has 19 heavy (non-hydrogen) atoms. The number of hydrogen-bond donors (Lipinski definition) is 1. The molecule has 1 aromatic heterocycles. The lowest BCUT2D eigenvalue weighted by Gasteiger charge is -2.20. The van der Waals surface area contributed by atoms with Gasteiger partial charge in [0, 0.05) is 24.8 Å². The Hall–Kier alpha value is -2.37. The van der Waals surface area contributed by atoms with Gasteiger partial charge in [0.05, 0.1) is 0 Å². The molecule has 5 nitrogen and oxygen atoms in total. The van der Waals surface area contributed by atoms with Crippen LogP contribution in [0.15, 0.2) is 30.3 Å². The molecule has 2 heterocycles. The normalized spacial score (nSPS) is 15.2. The highest BCUT2D eigenvalue weighted by molar-refractivity contribution is 6.05. The highest BCUT2D eigenvalue weighted by Gasteiger charge is 2.25. The molecular weight excluding hydrogens is 249 g/mol. The van der Waals surface area contributed by atoms with Crippen LogP contribution in [0.5, 0.6) is 5.88 Å². The topological polar surface area (TPSA) is 58.4 Å². The minimum absolute atomic E-state index is 0.163. The Morgan fingerprint density at radius 3 is 2.68 bits per heavy atom. The molecule has 0 spiro atoms. The number of aryl methyl sites for hydroxylation is 1. The summed E-state index contributed by atoms with van der Waals surface area (Å²) in [4.78, 5) is 14.0. The molecule has 0 radical (unpaired) electrons. The van der Waals surface area contributed by atoms with Crippen molar-refractivity contribution in [2.75, 3.05) is 11.4 Å². The molecule has 0 fully saturated rings. The number of carbonyl (C=O) groups is 1. The number of halogens is 1. The molecule has 1 aliphatic heterocycles. The first-order valence-corrected chi connectivity index (χ1v) is 5.99. The van der Waals surface area contributed by atoms with E-state index in [-0.39, 0.29) is 17.6 Å². The van der Waals surface area contributed by atoms with Gasteiger partial charge in [0.15, 0.2) is 0 Å². The number of fused-ring (bicyclic) bond motifs is 1. The second-order valence-corrected chi connectivity index (χ2v) is 4.40. The summed E-state index contributed by atoms with van der Waals surface area (Å²) in [6, 6.07) is 7.13. The van der Waals surface area contributed by atoms with Gasteiger partial charge in [-0.15, -0.1) is 5.10 Å². The van der Waals surface area contributed by atoms with Crippen LogP contribution in [0.2, 0.25) is 0 Å². The van der Waals surface area contributed by atoms with E-state index in [9.17, 15) is 14.3 Å². The predicted molar refractivity (Wildman–Crippen MR) is 66.6 cm³/mol. The summed E-state index contributed by atoms with van der Waals surface area (Å²) < 4.78 is 14.4. The minimum Gasteiger partial charge on any atom is -0.492 e. The van der Waals surface area contributed by atoms with Crippen LogP contribution in [-0.2, 0) is 6.54 Å². The third kappa shape index (κ3) is 2.05. The van der Waals surface area contributed by atoms with Crippen molar-refractivity contribution in [2.45, 2.75) is 13.0 Å². The smallest absolute Gasteiger partial charge is 0.276 e. The van der Waals surface area contributed by atoms with Crippen LogP contribution in [0.25, 0.3) is 0 Å². The van der Waals surface area contributed by atoms with Gasteiger partial charge in [0.1, 0.15) is 11.5 Å². The molecule has 1 N–H and O–H groups in total. The van der Waals surface area contributed by atoms with E-state index in [4.69, 9.17) is 0 Å². The third-order valence-corrected chi connectivity index (χ3v) is 3.12. The standard InChI is InChI=1S/C13H12FN3O2/c14-9-2-4-10(5-3-9)16-6-1-7-17-11(13(16)19)8-12(18)15-17/h2-5,8H,1,6-7H2,(H,15,18). The largest absolute Gasteiger partial charge is 0.492 e. The Bertz CT molecular complexity index is 621. The molecule has 0 saturated carbocycles. The molecule has 2 aromatic rings. The summed E-state index contributed by atoms with van der Waals surface area (Å²) >= 11 is 0. The lowest BCUT2D eigenvalue weighted by molar-refractivity contribution is 0.0982. The van der Waals surface area contributed by atoms with Crippen molar-refractivity contribution in [2.24, 2.45) is 0 Å². The van der Waals surface area contributed by atoms with Crippen LogP contribution in [0.4, 0.5) is 10.1 Å². The fourth-order valence-electron chi connectivity index (χ4n) is 2.23. The summed E-state index contributed by atoms with van der Waals surface area (Å²) in [5.41, 5.74) is 0.986. The summed E-state index contributed by atoms with van der Waals surface area (Å²) in [5, 5.41) is 13.2. The number of carbonyl (C=O) groups excluding carboxylic acids is 1. The van der Waals surface area contributed by atoms with Crippen molar-refractivity contribution in [1.82, 2.24) is 9.78 Å². The van der Waals surface area contributed by atoms with E-state index in [2.05, 4.69) is 5.10 Å². The molecule has 0 atom stereocenters. The maximum absolute atomic E-state index is 12.9. The van der Waals surface area contributed by atoms with Crippen molar-refractivity contribution in [3.8, 4) is 5.88 Å². The second kappa shape index (κ2) is 4.38. The summed E-state index contributed by atoms with van der Waals surface area (Å²) in [6.45, 7) is 1.11. The van der Waals surface area contributed by atoms with Gasteiger partial charge in [0.2, 0.25) is 5.88 Å². The van der Waals surface area contributed by atoms with Gasteiger partial charge >= 0.3 is 0 Å². The number of benzene rings is 1. The van der Waals surface area contributed by atoms with Gasteiger partial charge in [-0.2, -0.15) is 0 Å². The van der Waals surface area contributed by atoms with Gasteiger partial charge < -0.3 is 10.0 Å². The first-order valence-electron chi connectivity index (χ1n) is 5.99. The van der Waals surface area contributed by atoms with E-state index < -0.39 is 0 Å². The molecule has 0 saturated heterocycles. The fourth-order valence-corrected chi connectivity index (χ4v) is 2.23. The predicted octanol–water partition coefficient (Wildman–Crippen LogP) is 1.78. The zero-order chi connectivity index (χ0) is 13.4. The highest BCUT2D eigenvalue weighted by Crippen LogP contribution is 2.22. The van der Waals surface area contributed by atoms with Gasteiger partial charge in [-0.3, -0.25) is 9.48 Å². The minimum atomic E-state index is -0.339. The maximum atomic E-state index is 12.9. The van der Waals surface area contributed by atoms with E-state index in [0.717, 1.165) is 6.42 Å². The van der Waals surface area contributed by atoms with E-state index >= 15 is 0 Å². The molecule has 98 valence electrons. The van der Waals surface area contributed by atoms with Gasteiger partial charge in [-0.25, -0.2) is 4.39 Å². The van der Waals surface area contributed by atoms with Crippen LogP contribution in [0.3, 0.4) is 0 Å². The lowest BCUT2D eigenvalue weighted by atomic mass is 10.2. The van der Waals surface area contributed by atoms with E-state index in [1.807, 2.05) is 0 Å². The fraction of sp³-hybridized carbons (Fsp3) is 0.231. The first kappa shape index (κ1) is 11.7.